The average Bonchev–Trinajstić information content (AvgIpc) is 2.91. The highest BCUT2D eigenvalue weighted by molar-refractivity contribution is 5.71. The first-order valence-electron chi connectivity index (χ1n) is 6.70. The normalized spacial score (nSPS) is 12.5. The Labute approximate surface area is 117 Å². The molecule has 0 fully saturated rings. The summed E-state index contributed by atoms with van der Waals surface area (Å²) in [5.41, 5.74) is 2.43. The smallest absolute Gasteiger partial charge is 0.233 e. The summed E-state index contributed by atoms with van der Waals surface area (Å²) >= 11 is 0. The molecule has 0 spiro atoms. The molecule has 1 atom stereocenters. The van der Waals surface area contributed by atoms with Crippen LogP contribution in [0.1, 0.15) is 20.3 Å². The number of hydrogen-bond donors (Lipinski definition) is 0. The number of benzene rings is 1. The van der Waals surface area contributed by atoms with Gasteiger partial charge in [-0.15, -0.1) is 0 Å². The molecule has 1 aromatic carbocycles. The van der Waals surface area contributed by atoms with E-state index in [1.54, 1.807) is 17.1 Å². The lowest BCUT2D eigenvalue weighted by atomic mass is 10.3. The van der Waals surface area contributed by atoms with Crippen molar-refractivity contribution in [1.29, 1.82) is 0 Å². The maximum Gasteiger partial charge on any atom is 0.233 e. The number of ether oxygens (including phenoxy) is 1. The van der Waals surface area contributed by atoms with Gasteiger partial charge in [0.2, 0.25) is 5.88 Å². The van der Waals surface area contributed by atoms with Crippen LogP contribution in [0.2, 0.25) is 0 Å². The van der Waals surface area contributed by atoms with Crippen LogP contribution in [0.3, 0.4) is 0 Å². The fourth-order valence-corrected chi connectivity index (χ4v) is 1.90. The molecular formula is C15H16N4O. The standard InChI is InChI=1S/C15H16N4O/c1-3-11(2)20-14-10-16-15-13(18-14)9-17-19(15)12-7-5-4-6-8-12/h4-11H,3H2,1-2H3. The van der Waals surface area contributed by atoms with Crippen LogP contribution in [-0.4, -0.2) is 25.9 Å². The average molecular weight is 268 g/mol. The number of hydrogen-bond acceptors (Lipinski definition) is 4. The third-order valence-electron chi connectivity index (χ3n) is 3.15. The molecule has 0 amide bonds. The van der Waals surface area contributed by atoms with Gasteiger partial charge >= 0.3 is 0 Å². The van der Waals surface area contributed by atoms with Gasteiger partial charge in [0.1, 0.15) is 5.52 Å². The van der Waals surface area contributed by atoms with Gasteiger partial charge in [-0.2, -0.15) is 5.10 Å². The van der Waals surface area contributed by atoms with Gasteiger partial charge in [-0.1, -0.05) is 25.1 Å². The Morgan fingerprint density at radius 2 is 2.00 bits per heavy atom. The van der Waals surface area contributed by atoms with Crippen molar-refractivity contribution in [2.45, 2.75) is 26.4 Å². The number of nitrogens with zero attached hydrogens (tertiary/aromatic N) is 4. The van der Waals surface area contributed by atoms with Crippen LogP contribution in [0.5, 0.6) is 5.88 Å². The molecule has 0 saturated carbocycles. The maximum atomic E-state index is 5.68. The zero-order chi connectivity index (χ0) is 13.9. The van der Waals surface area contributed by atoms with Gasteiger partial charge in [-0.3, -0.25) is 0 Å². The molecule has 2 heterocycles. The summed E-state index contributed by atoms with van der Waals surface area (Å²) in [6.07, 6.45) is 4.42. The lowest BCUT2D eigenvalue weighted by Gasteiger charge is -2.10. The van der Waals surface area contributed by atoms with Crippen molar-refractivity contribution >= 4 is 11.2 Å². The topological polar surface area (TPSA) is 52.8 Å². The first-order valence-corrected chi connectivity index (χ1v) is 6.70. The summed E-state index contributed by atoms with van der Waals surface area (Å²) in [5.74, 6) is 0.541. The van der Waals surface area contributed by atoms with Crippen LogP contribution >= 0.6 is 0 Å². The van der Waals surface area contributed by atoms with Crippen molar-refractivity contribution in [3.63, 3.8) is 0 Å². The van der Waals surface area contributed by atoms with E-state index >= 15 is 0 Å². The second-order valence-electron chi connectivity index (χ2n) is 4.65. The molecule has 3 rings (SSSR count). The molecule has 2 aromatic heterocycles. The van der Waals surface area contributed by atoms with Crippen LogP contribution in [0.4, 0.5) is 0 Å². The zero-order valence-electron chi connectivity index (χ0n) is 11.5. The van der Waals surface area contributed by atoms with Crippen LogP contribution in [0.15, 0.2) is 42.7 Å². The van der Waals surface area contributed by atoms with Gasteiger partial charge in [0.25, 0.3) is 0 Å². The van der Waals surface area contributed by atoms with Crippen molar-refractivity contribution in [2.75, 3.05) is 0 Å². The second-order valence-corrected chi connectivity index (χ2v) is 4.65. The van der Waals surface area contributed by atoms with E-state index < -0.39 is 0 Å². The predicted molar refractivity (Wildman–Crippen MR) is 77.0 cm³/mol. The minimum atomic E-state index is 0.130. The van der Waals surface area contributed by atoms with E-state index in [-0.39, 0.29) is 6.10 Å². The third kappa shape index (κ3) is 2.34. The van der Waals surface area contributed by atoms with E-state index in [0.29, 0.717) is 5.88 Å². The Morgan fingerprint density at radius 3 is 2.75 bits per heavy atom. The van der Waals surface area contributed by atoms with Crippen molar-refractivity contribution in [3.05, 3.63) is 42.7 Å². The summed E-state index contributed by atoms with van der Waals surface area (Å²) in [6, 6.07) is 9.88. The summed E-state index contributed by atoms with van der Waals surface area (Å²) in [4.78, 5) is 8.86. The molecular weight excluding hydrogens is 252 g/mol. The monoisotopic (exact) mass is 268 g/mol. The molecule has 1 unspecified atom stereocenters. The number of para-hydroxylation sites is 1. The van der Waals surface area contributed by atoms with Gasteiger partial charge in [-0.05, 0) is 25.5 Å². The molecule has 0 radical (unpaired) electrons. The van der Waals surface area contributed by atoms with Gasteiger partial charge in [-0.25, -0.2) is 14.6 Å². The minimum absolute atomic E-state index is 0.130. The Hall–Kier alpha value is -2.43. The number of aromatic nitrogens is 4. The molecule has 0 aliphatic rings. The Bertz CT molecular complexity index is 708. The number of fused-ring (bicyclic) bond motifs is 1. The molecule has 5 nitrogen and oxygen atoms in total. The molecule has 5 heteroatoms. The SMILES string of the molecule is CCC(C)Oc1cnc2c(cnn2-c2ccccc2)n1. The van der Waals surface area contributed by atoms with Crippen molar-refractivity contribution in [3.8, 4) is 11.6 Å². The lowest BCUT2D eigenvalue weighted by Crippen LogP contribution is -2.11. The van der Waals surface area contributed by atoms with Gasteiger partial charge < -0.3 is 4.74 Å². The number of rotatable bonds is 4. The molecule has 0 aliphatic carbocycles. The van der Waals surface area contributed by atoms with Crippen molar-refractivity contribution < 1.29 is 4.74 Å². The molecule has 0 saturated heterocycles. The van der Waals surface area contributed by atoms with E-state index in [9.17, 15) is 0 Å². The van der Waals surface area contributed by atoms with Crippen molar-refractivity contribution in [1.82, 2.24) is 19.7 Å². The second kappa shape index (κ2) is 5.28. The summed E-state index contributed by atoms with van der Waals surface area (Å²) in [7, 11) is 0. The molecule has 0 aliphatic heterocycles. The highest BCUT2D eigenvalue weighted by Gasteiger charge is 2.10. The van der Waals surface area contributed by atoms with Gasteiger partial charge in [0, 0.05) is 0 Å². The maximum absolute atomic E-state index is 5.68. The first-order chi connectivity index (χ1) is 9.78. The van der Waals surface area contributed by atoms with Gasteiger partial charge in [0.05, 0.1) is 24.2 Å². The fraction of sp³-hybridized carbons (Fsp3) is 0.267. The van der Waals surface area contributed by atoms with Gasteiger partial charge in [0.15, 0.2) is 5.65 Å². The molecule has 0 bridgehead atoms. The molecule has 102 valence electrons. The quantitative estimate of drug-likeness (QED) is 0.730. The van der Waals surface area contributed by atoms with E-state index in [1.807, 2.05) is 37.3 Å². The van der Waals surface area contributed by atoms with E-state index in [2.05, 4.69) is 22.0 Å². The van der Waals surface area contributed by atoms with E-state index in [0.717, 1.165) is 23.3 Å². The van der Waals surface area contributed by atoms with Crippen LogP contribution in [-0.2, 0) is 0 Å². The minimum Gasteiger partial charge on any atom is -0.474 e. The predicted octanol–water partition coefficient (Wildman–Crippen LogP) is 2.99. The van der Waals surface area contributed by atoms with Crippen LogP contribution in [0.25, 0.3) is 16.9 Å². The molecule has 0 N–H and O–H groups in total. The largest absolute Gasteiger partial charge is 0.474 e. The van der Waals surface area contributed by atoms with Crippen LogP contribution < -0.4 is 4.74 Å². The Balaban J connectivity index is 1.98. The zero-order valence-corrected chi connectivity index (χ0v) is 11.5. The summed E-state index contributed by atoms with van der Waals surface area (Å²) in [6.45, 7) is 4.09. The first kappa shape index (κ1) is 12.6. The highest BCUT2D eigenvalue weighted by Crippen LogP contribution is 2.18. The Kier molecular flexibility index (Phi) is 3.33. The fourth-order valence-electron chi connectivity index (χ4n) is 1.90. The highest BCUT2D eigenvalue weighted by atomic mass is 16.5. The van der Waals surface area contributed by atoms with Crippen molar-refractivity contribution in [2.24, 2.45) is 0 Å². The molecule has 20 heavy (non-hydrogen) atoms. The van der Waals surface area contributed by atoms with Crippen LogP contribution in [0, 0.1) is 0 Å². The summed E-state index contributed by atoms with van der Waals surface area (Å²) < 4.78 is 7.45. The summed E-state index contributed by atoms with van der Waals surface area (Å²) in [5, 5.41) is 4.34. The third-order valence-corrected chi connectivity index (χ3v) is 3.15. The van der Waals surface area contributed by atoms with E-state index in [1.165, 1.54) is 0 Å². The molecule has 3 aromatic rings. The van der Waals surface area contributed by atoms with E-state index in [4.69, 9.17) is 4.74 Å². The lowest BCUT2D eigenvalue weighted by molar-refractivity contribution is 0.208. The Morgan fingerprint density at radius 1 is 1.20 bits per heavy atom.